The summed E-state index contributed by atoms with van der Waals surface area (Å²) in [4.78, 5) is 6.82. The summed E-state index contributed by atoms with van der Waals surface area (Å²) in [5.41, 5.74) is 0.556. The van der Waals surface area contributed by atoms with Gasteiger partial charge in [0, 0.05) is 29.4 Å². The average molecular weight is 546 g/mol. The number of hydrogen-bond donors (Lipinski definition) is 2. The van der Waals surface area contributed by atoms with E-state index < -0.39 is 11.4 Å². The van der Waals surface area contributed by atoms with Gasteiger partial charge in [-0.15, -0.1) is 0 Å². The minimum atomic E-state index is -1.37. The molecule has 0 atom stereocenters. The number of aryl methyl sites for hydroxylation is 1. The number of piperidine rings is 1. The molecule has 0 bridgehead atoms. The summed E-state index contributed by atoms with van der Waals surface area (Å²) in [5, 5.41) is 18.7. The molecule has 38 heavy (non-hydrogen) atoms. The highest BCUT2D eigenvalue weighted by molar-refractivity contribution is 6.30. The number of halogens is 3. The lowest BCUT2D eigenvalue weighted by molar-refractivity contribution is 0.0741. The molecule has 206 valence electrons. The van der Waals surface area contributed by atoms with Crippen LogP contribution in [-0.2, 0) is 24.1 Å². The van der Waals surface area contributed by atoms with Gasteiger partial charge in [0.05, 0.1) is 21.9 Å². The van der Waals surface area contributed by atoms with E-state index in [0.29, 0.717) is 35.9 Å². The van der Waals surface area contributed by atoms with Gasteiger partial charge in [-0.05, 0) is 91.9 Å². The largest absolute Gasteiger partial charge is 0.386 e. The van der Waals surface area contributed by atoms with Gasteiger partial charge in [-0.3, -0.25) is 9.58 Å². The van der Waals surface area contributed by atoms with Crippen LogP contribution in [0.5, 0.6) is 0 Å². The Morgan fingerprint density at radius 3 is 2.34 bits per heavy atom. The molecule has 3 heterocycles. The monoisotopic (exact) mass is 545 g/mol. The third-order valence-corrected chi connectivity index (χ3v) is 7.37. The number of aliphatic hydroxyl groups is 1. The molecule has 0 saturated carbocycles. The normalized spacial score (nSPS) is 15.7. The molecule has 0 amide bonds. The van der Waals surface area contributed by atoms with Crippen molar-refractivity contribution in [2.24, 2.45) is 5.92 Å². The fourth-order valence-electron chi connectivity index (χ4n) is 5.11. The Bertz CT molecular complexity index is 1290. The summed E-state index contributed by atoms with van der Waals surface area (Å²) >= 11 is 5.93. The van der Waals surface area contributed by atoms with Crippen molar-refractivity contribution in [1.29, 1.82) is 0 Å². The number of pyridine rings is 1. The maximum Gasteiger partial charge on any atom is 0.153 e. The number of aromatic nitrogens is 3. The van der Waals surface area contributed by atoms with Crippen LogP contribution in [0.15, 0.2) is 30.3 Å². The second kappa shape index (κ2) is 10.9. The van der Waals surface area contributed by atoms with E-state index in [1.807, 2.05) is 17.7 Å². The summed E-state index contributed by atoms with van der Waals surface area (Å²) in [7, 11) is 0. The second-order valence-corrected chi connectivity index (χ2v) is 12.3. The molecular weight excluding hydrogens is 508 g/mol. The Balaban J connectivity index is 1.50. The summed E-state index contributed by atoms with van der Waals surface area (Å²) < 4.78 is 31.8. The number of nitrogens with zero attached hydrogens (tertiary/aromatic N) is 4. The van der Waals surface area contributed by atoms with E-state index in [2.05, 4.69) is 41.1 Å². The van der Waals surface area contributed by atoms with E-state index >= 15 is 4.39 Å². The van der Waals surface area contributed by atoms with Crippen LogP contribution in [0.1, 0.15) is 70.0 Å². The average Bonchev–Trinajstić information content (AvgIpc) is 3.20. The number of nitrogens with one attached hydrogen (secondary N) is 1. The first kappa shape index (κ1) is 28.5. The van der Waals surface area contributed by atoms with Gasteiger partial charge in [-0.1, -0.05) is 23.7 Å². The highest BCUT2D eigenvalue weighted by atomic mass is 35.5. The maximum atomic E-state index is 15.6. The lowest BCUT2D eigenvalue weighted by atomic mass is 9.89. The van der Waals surface area contributed by atoms with Crippen LogP contribution in [0, 0.1) is 24.5 Å². The summed E-state index contributed by atoms with van der Waals surface area (Å²) in [6.45, 7) is 13.4. The lowest BCUT2D eigenvalue weighted by Gasteiger charge is -2.32. The summed E-state index contributed by atoms with van der Waals surface area (Å²) in [6.07, 6.45) is 2.14. The number of benzene rings is 1. The van der Waals surface area contributed by atoms with Crippen LogP contribution in [0.4, 0.5) is 20.4 Å². The predicted octanol–water partition coefficient (Wildman–Crippen LogP) is 6.70. The zero-order valence-corrected chi connectivity index (χ0v) is 23.8. The summed E-state index contributed by atoms with van der Waals surface area (Å²) in [5.74, 6) is 0.456. The number of rotatable bonds is 7. The van der Waals surface area contributed by atoms with Gasteiger partial charge >= 0.3 is 0 Å². The number of likely N-dealkylation sites (tertiary alicyclic amines) is 1. The Morgan fingerprint density at radius 1 is 1.05 bits per heavy atom. The molecule has 0 aliphatic carbocycles. The fraction of sp³-hybridized carbons (Fsp3) is 0.517. The molecule has 0 radical (unpaired) electrons. The molecule has 2 N–H and O–H groups in total. The smallest absolute Gasteiger partial charge is 0.153 e. The van der Waals surface area contributed by atoms with Crippen LogP contribution < -0.4 is 5.32 Å². The topological polar surface area (TPSA) is 66.2 Å². The third kappa shape index (κ3) is 6.53. The highest BCUT2D eigenvalue weighted by Gasteiger charge is 2.28. The van der Waals surface area contributed by atoms with Crippen molar-refractivity contribution in [3.63, 3.8) is 0 Å². The molecule has 0 unspecified atom stereocenters. The van der Waals surface area contributed by atoms with E-state index in [4.69, 9.17) is 11.6 Å². The van der Waals surface area contributed by atoms with Crippen LogP contribution >= 0.6 is 11.6 Å². The molecule has 1 aliphatic rings. The minimum absolute atomic E-state index is 0.135. The van der Waals surface area contributed by atoms with Crippen molar-refractivity contribution in [3.05, 3.63) is 69.5 Å². The van der Waals surface area contributed by atoms with Gasteiger partial charge in [0.15, 0.2) is 11.6 Å². The van der Waals surface area contributed by atoms with Gasteiger partial charge in [-0.2, -0.15) is 5.10 Å². The molecule has 0 spiro atoms. The van der Waals surface area contributed by atoms with Crippen molar-refractivity contribution >= 4 is 23.2 Å². The molecule has 4 rings (SSSR count). The molecule has 1 fully saturated rings. The van der Waals surface area contributed by atoms with Crippen molar-refractivity contribution < 1.29 is 13.9 Å². The van der Waals surface area contributed by atoms with E-state index in [1.54, 1.807) is 38.1 Å². The van der Waals surface area contributed by atoms with Crippen LogP contribution in [0.2, 0.25) is 5.02 Å². The highest BCUT2D eigenvalue weighted by Crippen LogP contribution is 2.31. The quantitative estimate of drug-likeness (QED) is 0.346. The first-order chi connectivity index (χ1) is 17.7. The SMILES string of the molecule is Cc1cc(Nc2cc(C(C)(C)O)c(F)c(CC3CCN(Cc4cccc(Cl)c4F)CC3)n2)nn1C(C)(C)C. The van der Waals surface area contributed by atoms with Crippen LogP contribution in [0.3, 0.4) is 0 Å². The molecule has 3 aromatic rings. The zero-order chi connectivity index (χ0) is 27.8. The second-order valence-electron chi connectivity index (χ2n) is 11.9. The molecule has 9 heteroatoms. The summed E-state index contributed by atoms with van der Waals surface area (Å²) in [6, 6.07) is 8.56. The van der Waals surface area contributed by atoms with E-state index in [0.717, 1.165) is 31.6 Å². The van der Waals surface area contributed by atoms with Gasteiger partial charge in [0.2, 0.25) is 0 Å². The van der Waals surface area contributed by atoms with Crippen molar-refractivity contribution in [1.82, 2.24) is 19.7 Å². The molecule has 6 nitrogen and oxygen atoms in total. The number of hydrogen-bond acceptors (Lipinski definition) is 5. The van der Waals surface area contributed by atoms with Crippen molar-refractivity contribution in [3.8, 4) is 0 Å². The van der Waals surface area contributed by atoms with Crippen LogP contribution in [0.25, 0.3) is 0 Å². The maximum absolute atomic E-state index is 15.6. The zero-order valence-electron chi connectivity index (χ0n) is 23.1. The molecule has 1 aliphatic heterocycles. The minimum Gasteiger partial charge on any atom is -0.386 e. The Kier molecular flexibility index (Phi) is 8.17. The Labute approximate surface area is 229 Å². The first-order valence-corrected chi connectivity index (χ1v) is 13.5. The Morgan fingerprint density at radius 2 is 1.74 bits per heavy atom. The standard InChI is InChI=1S/C29H38ClF2N5O/c1-18-14-25(35-37(18)28(2,3)4)34-24-16-21(29(5,6)38)27(32)23(33-24)15-19-10-12-36(13-11-19)17-20-8-7-9-22(30)26(20)31/h7-9,14,16,19,38H,10-13,15,17H2,1-6H3,(H,33,34,35). The lowest BCUT2D eigenvalue weighted by Crippen LogP contribution is -2.34. The first-order valence-electron chi connectivity index (χ1n) is 13.1. The van der Waals surface area contributed by atoms with Crippen LogP contribution in [-0.4, -0.2) is 37.9 Å². The van der Waals surface area contributed by atoms with E-state index in [1.165, 1.54) is 0 Å². The van der Waals surface area contributed by atoms with Gasteiger partial charge < -0.3 is 10.4 Å². The fourth-order valence-corrected chi connectivity index (χ4v) is 5.30. The van der Waals surface area contributed by atoms with Gasteiger partial charge in [-0.25, -0.2) is 13.8 Å². The number of anilines is 2. The van der Waals surface area contributed by atoms with Crippen molar-refractivity contribution in [2.45, 2.75) is 78.5 Å². The molecule has 1 aromatic carbocycles. The van der Waals surface area contributed by atoms with Gasteiger partial charge in [0.25, 0.3) is 0 Å². The predicted molar refractivity (Wildman–Crippen MR) is 148 cm³/mol. The molecular formula is C29H38ClF2N5O. The van der Waals surface area contributed by atoms with E-state index in [9.17, 15) is 9.50 Å². The van der Waals surface area contributed by atoms with Crippen molar-refractivity contribution in [2.75, 3.05) is 18.4 Å². The van der Waals surface area contributed by atoms with E-state index in [-0.39, 0.29) is 27.9 Å². The molecule has 1 saturated heterocycles. The van der Waals surface area contributed by atoms with Gasteiger partial charge in [0.1, 0.15) is 11.6 Å². The third-order valence-electron chi connectivity index (χ3n) is 7.08. The Hall–Kier alpha value is -2.55. The molecule has 2 aromatic heterocycles.